The van der Waals surface area contributed by atoms with Gasteiger partial charge in [0, 0.05) is 19.1 Å². The van der Waals surface area contributed by atoms with Crippen molar-refractivity contribution in [1.82, 2.24) is 15.5 Å². The first-order chi connectivity index (χ1) is 8.19. The van der Waals surface area contributed by atoms with E-state index in [1.54, 1.807) is 0 Å². The third-order valence-electron chi connectivity index (χ3n) is 3.08. The van der Waals surface area contributed by atoms with Crippen LogP contribution in [0.4, 0.5) is 0 Å². The van der Waals surface area contributed by atoms with Crippen LogP contribution in [0.1, 0.15) is 26.7 Å². The molecule has 17 heavy (non-hydrogen) atoms. The number of carbonyl (C=O) groups is 1. The molecule has 0 aromatic rings. The number of rotatable bonds is 8. The molecule has 0 aliphatic heterocycles. The van der Waals surface area contributed by atoms with E-state index in [-0.39, 0.29) is 11.9 Å². The summed E-state index contributed by atoms with van der Waals surface area (Å²) < 4.78 is 0. The maximum absolute atomic E-state index is 11.5. The average molecular weight is 237 g/mol. The number of nitrogens with one attached hydrogen (secondary N) is 2. The van der Waals surface area contributed by atoms with Crippen LogP contribution in [0.3, 0.4) is 0 Å². The molecule has 0 saturated heterocycles. The molecule has 1 saturated carbocycles. The molecule has 1 unspecified atom stereocenters. The van der Waals surface area contributed by atoms with E-state index in [1.807, 2.05) is 6.92 Å². The molecule has 1 amide bonds. The lowest BCUT2D eigenvalue weighted by molar-refractivity contribution is -0.122. The first-order valence-electron chi connectivity index (χ1n) is 6.37. The highest BCUT2D eigenvalue weighted by molar-refractivity contribution is 5.81. The van der Waals surface area contributed by atoms with Gasteiger partial charge < -0.3 is 10.6 Å². The zero-order valence-electron chi connectivity index (χ0n) is 10.8. The lowest BCUT2D eigenvalue weighted by Gasteiger charge is -2.21. The summed E-state index contributed by atoms with van der Waals surface area (Å²) in [5, 5.41) is 5.88. The van der Waals surface area contributed by atoms with E-state index in [9.17, 15) is 4.79 Å². The van der Waals surface area contributed by atoms with E-state index < -0.39 is 0 Å². The summed E-state index contributed by atoms with van der Waals surface area (Å²) in [6, 6.07) is 0.605. The third-order valence-corrected chi connectivity index (χ3v) is 3.08. The highest BCUT2D eigenvalue weighted by atomic mass is 16.2. The summed E-state index contributed by atoms with van der Waals surface area (Å²) in [4.78, 5) is 14.0. The number of carbonyl (C=O) groups excluding carboxylic acids is 1. The molecule has 0 aromatic carbocycles. The zero-order valence-corrected chi connectivity index (χ0v) is 10.8. The van der Waals surface area contributed by atoms with Gasteiger partial charge in [-0.1, -0.05) is 12.8 Å². The Labute approximate surface area is 104 Å². The van der Waals surface area contributed by atoms with E-state index in [2.05, 4.69) is 28.4 Å². The van der Waals surface area contributed by atoms with Gasteiger partial charge in [-0.25, -0.2) is 0 Å². The summed E-state index contributed by atoms with van der Waals surface area (Å²) in [6.45, 7) is 7.28. The number of amides is 1. The van der Waals surface area contributed by atoms with Gasteiger partial charge in [-0.2, -0.15) is 0 Å². The van der Waals surface area contributed by atoms with Gasteiger partial charge in [0.2, 0.25) is 5.91 Å². The number of hydrogen-bond acceptors (Lipinski definition) is 3. The van der Waals surface area contributed by atoms with Crippen LogP contribution < -0.4 is 10.6 Å². The van der Waals surface area contributed by atoms with Crippen molar-refractivity contribution in [2.24, 2.45) is 0 Å². The van der Waals surface area contributed by atoms with E-state index in [0.29, 0.717) is 6.54 Å². The van der Waals surface area contributed by atoms with Crippen molar-refractivity contribution in [2.75, 3.05) is 26.2 Å². The Hall–Kier alpha value is -1.05. The molecule has 4 heteroatoms. The van der Waals surface area contributed by atoms with Crippen LogP contribution in [-0.2, 0) is 4.79 Å². The Morgan fingerprint density at radius 2 is 2.29 bits per heavy atom. The van der Waals surface area contributed by atoms with Crippen LogP contribution in [0.2, 0.25) is 0 Å². The Morgan fingerprint density at radius 3 is 2.82 bits per heavy atom. The Bertz CT molecular complexity index is 281. The largest absolute Gasteiger partial charge is 0.344 e. The Morgan fingerprint density at radius 1 is 1.59 bits per heavy atom. The van der Waals surface area contributed by atoms with Crippen molar-refractivity contribution in [3.8, 4) is 12.3 Å². The normalized spacial score (nSPS) is 16.6. The van der Waals surface area contributed by atoms with Gasteiger partial charge in [0.1, 0.15) is 0 Å². The van der Waals surface area contributed by atoms with E-state index in [1.165, 1.54) is 12.8 Å². The molecule has 0 heterocycles. The molecule has 0 radical (unpaired) electrons. The summed E-state index contributed by atoms with van der Waals surface area (Å²) >= 11 is 0. The van der Waals surface area contributed by atoms with Crippen molar-refractivity contribution in [3.05, 3.63) is 0 Å². The molecule has 1 aliphatic rings. The molecule has 0 spiro atoms. The molecule has 1 aliphatic carbocycles. The molecular formula is C13H23N3O. The van der Waals surface area contributed by atoms with Crippen molar-refractivity contribution in [2.45, 2.75) is 38.8 Å². The van der Waals surface area contributed by atoms with Crippen LogP contribution in [0, 0.1) is 12.3 Å². The molecule has 4 nitrogen and oxygen atoms in total. The number of hydrogen-bond donors (Lipinski definition) is 2. The summed E-state index contributed by atoms with van der Waals surface area (Å²) in [6.07, 6.45) is 7.73. The summed E-state index contributed by atoms with van der Waals surface area (Å²) in [7, 11) is 0. The minimum absolute atomic E-state index is 0.0302. The van der Waals surface area contributed by atoms with Gasteiger partial charge in [-0.3, -0.25) is 9.69 Å². The average Bonchev–Trinajstić information content (AvgIpc) is 3.15. The van der Waals surface area contributed by atoms with Crippen LogP contribution in [0.15, 0.2) is 0 Å². The second-order valence-corrected chi connectivity index (χ2v) is 4.46. The second kappa shape index (κ2) is 7.31. The third kappa shape index (κ3) is 5.20. The molecule has 96 valence electrons. The standard InChI is InChI=1S/C13H23N3O/c1-4-8-15-13(17)11(3)14-9-10-16(5-2)12-6-7-12/h1,11-12,14H,5-10H2,2-3H3,(H,15,17). The molecule has 2 N–H and O–H groups in total. The fraction of sp³-hybridized carbons (Fsp3) is 0.769. The molecule has 1 atom stereocenters. The van der Waals surface area contributed by atoms with Crippen LogP contribution in [0.5, 0.6) is 0 Å². The Kier molecular flexibility index (Phi) is 6.03. The fourth-order valence-corrected chi connectivity index (χ4v) is 1.85. The smallest absolute Gasteiger partial charge is 0.237 e. The zero-order chi connectivity index (χ0) is 12.7. The fourth-order valence-electron chi connectivity index (χ4n) is 1.85. The van der Waals surface area contributed by atoms with Crippen LogP contribution in [-0.4, -0.2) is 49.1 Å². The molecule has 0 aromatic heterocycles. The number of terminal acetylenes is 1. The van der Waals surface area contributed by atoms with Gasteiger partial charge in [-0.15, -0.1) is 6.42 Å². The van der Waals surface area contributed by atoms with E-state index >= 15 is 0 Å². The maximum atomic E-state index is 11.5. The van der Waals surface area contributed by atoms with E-state index in [4.69, 9.17) is 6.42 Å². The van der Waals surface area contributed by atoms with Crippen molar-refractivity contribution in [1.29, 1.82) is 0 Å². The SMILES string of the molecule is C#CCNC(=O)C(C)NCCN(CC)C1CC1. The van der Waals surface area contributed by atoms with E-state index in [0.717, 1.165) is 25.7 Å². The van der Waals surface area contributed by atoms with Crippen molar-refractivity contribution >= 4 is 5.91 Å². The highest BCUT2D eigenvalue weighted by Crippen LogP contribution is 2.25. The molecular weight excluding hydrogens is 214 g/mol. The molecule has 1 rings (SSSR count). The van der Waals surface area contributed by atoms with Crippen LogP contribution in [0.25, 0.3) is 0 Å². The minimum atomic E-state index is -0.179. The minimum Gasteiger partial charge on any atom is -0.344 e. The monoisotopic (exact) mass is 237 g/mol. The second-order valence-electron chi connectivity index (χ2n) is 4.46. The van der Waals surface area contributed by atoms with Gasteiger partial charge in [0.25, 0.3) is 0 Å². The number of nitrogens with zero attached hydrogens (tertiary/aromatic N) is 1. The summed E-state index contributed by atoms with van der Waals surface area (Å²) in [5.74, 6) is 2.36. The lowest BCUT2D eigenvalue weighted by Crippen LogP contribution is -2.45. The van der Waals surface area contributed by atoms with Gasteiger partial charge in [0.05, 0.1) is 12.6 Å². The first-order valence-corrected chi connectivity index (χ1v) is 6.37. The number of likely N-dealkylation sites (N-methyl/N-ethyl adjacent to an activating group) is 1. The Balaban J connectivity index is 2.12. The lowest BCUT2D eigenvalue weighted by atomic mass is 10.3. The predicted molar refractivity (Wildman–Crippen MR) is 69.6 cm³/mol. The topological polar surface area (TPSA) is 44.4 Å². The van der Waals surface area contributed by atoms with Crippen LogP contribution >= 0.6 is 0 Å². The van der Waals surface area contributed by atoms with Gasteiger partial charge in [-0.05, 0) is 26.3 Å². The highest BCUT2D eigenvalue weighted by Gasteiger charge is 2.27. The van der Waals surface area contributed by atoms with Crippen molar-refractivity contribution < 1.29 is 4.79 Å². The predicted octanol–water partition coefficient (Wildman–Crippen LogP) is 0.198. The quantitative estimate of drug-likeness (QED) is 0.593. The first kappa shape index (κ1) is 14.0. The van der Waals surface area contributed by atoms with Gasteiger partial charge >= 0.3 is 0 Å². The maximum Gasteiger partial charge on any atom is 0.237 e. The van der Waals surface area contributed by atoms with Crippen molar-refractivity contribution in [3.63, 3.8) is 0 Å². The molecule has 1 fully saturated rings. The van der Waals surface area contributed by atoms with Gasteiger partial charge in [0.15, 0.2) is 0 Å². The summed E-state index contributed by atoms with van der Waals surface area (Å²) in [5.41, 5.74) is 0. The molecule has 0 bridgehead atoms.